The number of nitrogens with one attached hydrogen (secondary N) is 6. The van der Waals surface area contributed by atoms with Gasteiger partial charge < -0.3 is 48.1 Å². The van der Waals surface area contributed by atoms with Crippen LogP contribution in [-0.2, 0) is 46.4 Å². The Hall–Kier alpha value is -5.77. The SMILES string of the molecule is CC(C)C[C@H](N)C(=O)N[C@@H](CC1CCCCC1)C(=O)N[C@@H](CCC(N)=O)C(=O)N[C@@H](Cc1c[nH]c2ccccc12)C(=O)N[C@@H](Cc1ccccc1)C(=O)NCCC(=O)O. The molecule has 1 saturated carbocycles. The van der Waals surface area contributed by atoms with E-state index >= 15 is 0 Å². The molecule has 3 aromatic rings. The number of carboxylic acid groups (broad SMARTS) is 1. The molecule has 0 saturated heterocycles. The van der Waals surface area contributed by atoms with Crippen LogP contribution in [0.15, 0.2) is 60.8 Å². The summed E-state index contributed by atoms with van der Waals surface area (Å²) >= 11 is 0. The fourth-order valence-electron chi connectivity index (χ4n) is 7.46. The van der Waals surface area contributed by atoms with Gasteiger partial charge in [-0.1, -0.05) is 94.5 Å². The zero-order valence-electron chi connectivity index (χ0n) is 34.0. The minimum atomic E-state index is -1.34. The van der Waals surface area contributed by atoms with Crippen molar-refractivity contribution in [2.75, 3.05) is 6.54 Å². The molecular formula is C43H60N8O8. The molecule has 0 aliphatic heterocycles. The van der Waals surface area contributed by atoms with Gasteiger partial charge in [-0.3, -0.25) is 33.6 Å². The first-order valence-corrected chi connectivity index (χ1v) is 20.5. The maximum atomic E-state index is 14.3. The van der Waals surface area contributed by atoms with Crippen LogP contribution in [-0.4, -0.2) is 88.3 Å². The van der Waals surface area contributed by atoms with E-state index in [-0.39, 0.29) is 50.5 Å². The number of carbonyl (C=O) groups excluding carboxylic acids is 6. The van der Waals surface area contributed by atoms with Gasteiger partial charge >= 0.3 is 5.97 Å². The number of hydrogen-bond acceptors (Lipinski definition) is 8. The second kappa shape index (κ2) is 23.0. The van der Waals surface area contributed by atoms with Crippen LogP contribution in [0.5, 0.6) is 0 Å². The van der Waals surface area contributed by atoms with Crippen LogP contribution in [0.4, 0.5) is 0 Å². The summed E-state index contributed by atoms with van der Waals surface area (Å²) in [5.74, 6) is -4.77. The van der Waals surface area contributed by atoms with Crippen LogP contribution in [0.25, 0.3) is 10.9 Å². The summed E-state index contributed by atoms with van der Waals surface area (Å²) in [7, 11) is 0. The fourth-order valence-corrected chi connectivity index (χ4v) is 7.46. The molecule has 1 fully saturated rings. The number of H-pyrrole nitrogens is 1. The molecule has 1 heterocycles. The molecule has 0 bridgehead atoms. The third-order valence-electron chi connectivity index (χ3n) is 10.6. The van der Waals surface area contributed by atoms with Gasteiger partial charge in [0.05, 0.1) is 12.5 Å². The van der Waals surface area contributed by atoms with Gasteiger partial charge in [0.2, 0.25) is 35.4 Å². The van der Waals surface area contributed by atoms with E-state index in [9.17, 15) is 33.6 Å². The van der Waals surface area contributed by atoms with Gasteiger partial charge in [0, 0.05) is 42.9 Å². The van der Waals surface area contributed by atoms with Crippen LogP contribution in [0, 0.1) is 11.8 Å². The zero-order chi connectivity index (χ0) is 42.9. The van der Waals surface area contributed by atoms with E-state index < -0.39 is 71.6 Å². The molecule has 59 heavy (non-hydrogen) atoms. The number of nitrogens with two attached hydrogens (primary N) is 2. The normalized spacial score (nSPS) is 15.6. The molecule has 16 nitrogen and oxygen atoms in total. The number of aliphatic carboxylic acids is 1. The maximum absolute atomic E-state index is 14.3. The number of amides is 6. The highest BCUT2D eigenvalue weighted by molar-refractivity contribution is 5.97. The predicted octanol–water partition coefficient (Wildman–Crippen LogP) is 2.09. The van der Waals surface area contributed by atoms with Gasteiger partial charge in [0.25, 0.3) is 0 Å². The van der Waals surface area contributed by atoms with Gasteiger partial charge in [-0.05, 0) is 48.3 Å². The number of hydrogen-bond donors (Lipinski definition) is 9. The van der Waals surface area contributed by atoms with Crippen molar-refractivity contribution in [3.05, 3.63) is 71.9 Å². The Balaban J connectivity index is 1.62. The Labute approximate surface area is 344 Å². The summed E-state index contributed by atoms with van der Waals surface area (Å²) in [6, 6.07) is 10.7. The highest BCUT2D eigenvalue weighted by Crippen LogP contribution is 2.28. The molecule has 2 aromatic carbocycles. The highest BCUT2D eigenvalue weighted by atomic mass is 16.4. The number of aromatic amines is 1. The fraction of sp³-hybridized carbons (Fsp3) is 0.512. The predicted molar refractivity (Wildman–Crippen MR) is 222 cm³/mol. The van der Waals surface area contributed by atoms with E-state index in [1.807, 2.05) is 38.1 Å². The molecule has 0 unspecified atom stereocenters. The number of primary amides is 1. The minimum absolute atomic E-state index is 0.0368. The highest BCUT2D eigenvalue weighted by Gasteiger charge is 2.34. The molecule has 6 amide bonds. The van der Waals surface area contributed by atoms with Crippen molar-refractivity contribution in [3.63, 3.8) is 0 Å². The maximum Gasteiger partial charge on any atom is 0.305 e. The number of carbonyl (C=O) groups is 7. The molecule has 0 radical (unpaired) electrons. The van der Waals surface area contributed by atoms with E-state index in [2.05, 4.69) is 31.6 Å². The van der Waals surface area contributed by atoms with Crippen molar-refractivity contribution >= 4 is 52.3 Å². The summed E-state index contributed by atoms with van der Waals surface area (Å²) in [4.78, 5) is 95.6. The lowest BCUT2D eigenvalue weighted by Gasteiger charge is -2.29. The van der Waals surface area contributed by atoms with Gasteiger partial charge in [-0.25, -0.2) is 0 Å². The molecule has 320 valence electrons. The first kappa shape index (κ1) is 45.9. The molecular weight excluding hydrogens is 757 g/mol. The van der Waals surface area contributed by atoms with Gasteiger partial charge in [0.1, 0.15) is 24.2 Å². The summed E-state index contributed by atoms with van der Waals surface area (Å²) in [6.07, 6.45) is 6.53. The van der Waals surface area contributed by atoms with E-state index in [0.29, 0.717) is 18.4 Å². The Morgan fingerprint density at radius 3 is 1.98 bits per heavy atom. The summed E-state index contributed by atoms with van der Waals surface area (Å²) < 4.78 is 0. The van der Waals surface area contributed by atoms with Crippen LogP contribution < -0.4 is 38.1 Å². The first-order valence-electron chi connectivity index (χ1n) is 20.5. The first-order chi connectivity index (χ1) is 28.2. The van der Waals surface area contributed by atoms with E-state index in [1.165, 1.54) is 0 Å². The Morgan fingerprint density at radius 2 is 1.32 bits per heavy atom. The number of aromatic nitrogens is 1. The summed E-state index contributed by atoms with van der Waals surface area (Å²) in [5, 5.41) is 23.6. The Morgan fingerprint density at radius 1 is 0.729 bits per heavy atom. The monoisotopic (exact) mass is 816 g/mol. The van der Waals surface area contributed by atoms with Gasteiger partial charge in [-0.15, -0.1) is 0 Å². The molecule has 1 aliphatic rings. The minimum Gasteiger partial charge on any atom is -0.481 e. The van der Waals surface area contributed by atoms with Crippen LogP contribution >= 0.6 is 0 Å². The number of carboxylic acids is 1. The molecule has 4 rings (SSSR count). The van der Waals surface area contributed by atoms with Crippen LogP contribution in [0.2, 0.25) is 0 Å². The number of rotatable bonds is 23. The molecule has 11 N–H and O–H groups in total. The zero-order valence-corrected chi connectivity index (χ0v) is 34.0. The van der Waals surface area contributed by atoms with Gasteiger partial charge in [-0.2, -0.15) is 0 Å². The third-order valence-corrected chi connectivity index (χ3v) is 10.6. The molecule has 1 aliphatic carbocycles. The standard InChI is InChI=1S/C43H60N8O8/c1-26(2)21-31(44)39(55)49-35(23-28-13-7-4-8-14-28)42(58)48-33(17-18-37(45)52)41(57)51-36(24-29-25-47-32-16-10-9-15-30(29)32)43(59)50-34(22-27-11-5-3-6-12-27)40(56)46-20-19-38(53)54/h3,5-6,9-12,15-16,25-26,28,31,33-36,47H,4,7-8,13-14,17-24,44H2,1-2H3,(H2,45,52)(H,46,56)(H,48,58)(H,49,55)(H,50,59)(H,51,57)(H,53,54)/t31-,33-,34-,35-,36-/m0/s1. The quantitative estimate of drug-likeness (QED) is 0.0678. The lowest BCUT2D eigenvalue weighted by atomic mass is 9.84. The van der Waals surface area contributed by atoms with Gasteiger partial charge in [0.15, 0.2) is 0 Å². The van der Waals surface area contributed by atoms with Crippen molar-refractivity contribution in [1.29, 1.82) is 0 Å². The summed E-state index contributed by atoms with van der Waals surface area (Å²) in [5.41, 5.74) is 13.9. The second-order valence-corrected chi connectivity index (χ2v) is 15.9. The van der Waals surface area contributed by atoms with E-state index in [0.717, 1.165) is 48.6 Å². The topological polar surface area (TPSA) is 268 Å². The number of para-hydroxylation sites is 1. The van der Waals surface area contributed by atoms with E-state index in [1.54, 1.807) is 36.5 Å². The van der Waals surface area contributed by atoms with Crippen molar-refractivity contribution in [3.8, 4) is 0 Å². The smallest absolute Gasteiger partial charge is 0.305 e. The largest absolute Gasteiger partial charge is 0.481 e. The third kappa shape index (κ3) is 15.2. The molecule has 5 atom stereocenters. The average Bonchev–Trinajstić information content (AvgIpc) is 3.61. The Kier molecular flexibility index (Phi) is 17.9. The van der Waals surface area contributed by atoms with Crippen LogP contribution in [0.3, 0.4) is 0 Å². The molecule has 1 aromatic heterocycles. The van der Waals surface area contributed by atoms with Crippen molar-refractivity contribution < 1.29 is 38.7 Å². The van der Waals surface area contributed by atoms with Crippen molar-refractivity contribution in [2.24, 2.45) is 23.3 Å². The van der Waals surface area contributed by atoms with Crippen LogP contribution in [0.1, 0.15) is 89.2 Å². The van der Waals surface area contributed by atoms with Crippen molar-refractivity contribution in [1.82, 2.24) is 31.6 Å². The average molecular weight is 817 g/mol. The number of benzene rings is 2. The second-order valence-electron chi connectivity index (χ2n) is 15.9. The summed E-state index contributed by atoms with van der Waals surface area (Å²) in [6.45, 7) is 3.71. The van der Waals surface area contributed by atoms with Crippen molar-refractivity contribution in [2.45, 2.75) is 121 Å². The lowest BCUT2D eigenvalue weighted by molar-refractivity contribution is -0.137. The molecule has 16 heteroatoms. The number of fused-ring (bicyclic) bond motifs is 1. The molecule has 0 spiro atoms. The lowest BCUT2D eigenvalue weighted by Crippen LogP contribution is -2.59. The Bertz CT molecular complexity index is 1890. The van der Waals surface area contributed by atoms with E-state index in [4.69, 9.17) is 16.6 Å².